The van der Waals surface area contributed by atoms with Gasteiger partial charge in [0.15, 0.2) is 0 Å². The van der Waals surface area contributed by atoms with Crippen LogP contribution in [0, 0.1) is 0 Å². The molecule has 0 saturated heterocycles. The van der Waals surface area contributed by atoms with E-state index in [0.29, 0.717) is 0 Å². The summed E-state index contributed by atoms with van der Waals surface area (Å²) in [4.78, 5) is 0. The van der Waals surface area contributed by atoms with E-state index in [4.69, 9.17) is 5.73 Å². The van der Waals surface area contributed by atoms with E-state index < -0.39 is 0 Å². The lowest BCUT2D eigenvalue weighted by Crippen LogP contribution is -1.82. The van der Waals surface area contributed by atoms with Crippen LogP contribution in [0.1, 0.15) is 6.92 Å². The SMILES string of the molecule is C=C/C=C(\C=C/N)C(=C)C. The van der Waals surface area contributed by atoms with Crippen molar-refractivity contribution in [1.82, 2.24) is 0 Å². The van der Waals surface area contributed by atoms with E-state index in [-0.39, 0.29) is 0 Å². The van der Waals surface area contributed by atoms with Crippen LogP contribution >= 0.6 is 0 Å². The summed E-state index contributed by atoms with van der Waals surface area (Å²) in [6, 6.07) is 0. The molecule has 2 N–H and O–H groups in total. The first-order chi connectivity index (χ1) is 4.72. The van der Waals surface area contributed by atoms with E-state index in [1.807, 2.05) is 13.0 Å². The molecule has 0 fully saturated rings. The van der Waals surface area contributed by atoms with Gasteiger partial charge < -0.3 is 5.73 Å². The van der Waals surface area contributed by atoms with E-state index in [2.05, 4.69) is 13.2 Å². The van der Waals surface area contributed by atoms with Gasteiger partial charge in [0.1, 0.15) is 0 Å². The molecule has 1 heteroatoms. The van der Waals surface area contributed by atoms with Crippen molar-refractivity contribution < 1.29 is 0 Å². The van der Waals surface area contributed by atoms with E-state index in [9.17, 15) is 0 Å². The Kier molecular flexibility index (Phi) is 4.05. The largest absolute Gasteiger partial charge is 0.405 e. The average molecular weight is 135 g/mol. The number of nitrogens with two attached hydrogens (primary N) is 1. The van der Waals surface area contributed by atoms with Crippen molar-refractivity contribution in [3.63, 3.8) is 0 Å². The molecule has 0 saturated carbocycles. The molecular formula is C9H13N. The second-order valence-corrected chi connectivity index (χ2v) is 2.00. The standard InChI is InChI=1S/C9H13N/c1-4-5-9(6-7-10)8(2)3/h4-7H,1-2,10H2,3H3/b7-6-,9-5+. The lowest BCUT2D eigenvalue weighted by molar-refractivity contribution is 1.43. The van der Waals surface area contributed by atoms with Crippen LogP contribution in [-0.4, -0.2) is 0 Å². The third-order valence-corrected chi connectivity index (χ3v) is 1.07. The highest BCUT2D eigenvalue weighted by Crippen LogP contribution is 2.07. The third-order valence-electron chi connectivity index (χ3n) is 1.07. The van der Waals surface area contributed by atoms with Gasteiger partial charge in [-0.25, -0.2) is 0 Å². The van der Waals surface area contributed by atoms with Gasteiger partial charge in [-0.2, -0.15) is 0 Å². The van der Waals surface area contributed by atoms with Crippen LogP contribution in [0.4, 0.5) is 0 Å². The van der Waals surface area contributed by atoms with Crippen molar-refractivity contribution in [1.29, 1.82) is 0 Å². The number of rotatable bonds is 3. The molecule has 0 amide bonds. The van der Waals surface area contributed by atoms with Crippen molar-refractivity contribution in [3.8, 4) is 0 Å². The summed E-state index contributed by atoms with van der Waals surface area (Å²) >= 11 is 0. The van der Waals surface area contributed by atoms with Gasteiger partial charge >= 0.3 is 0 Å². The maximum Gasteiger partial charge on any atom is -0.00563 e. The topological polar surface area (TPSA) is 26.0 Å². The Labute approximate surface area is 62.2 Å². The van der Waals surface area contributed by atoms with Gasteiger partial charge in [0.2, 0.25) is 0 Å². The minimum absolute atomic E-state index is 0.988. The summed E-state index contributed by atoms with van der Waals surface area (Å²) in [5, 5.41) is 0. The molecule has 0 bridgehead atoms. The van der Waals surface area contributed by atoms with Crippen molar-refractivity contribution in [2.75, 3.05) is 0 Å². The quantitative estimate of drug-likeness (QED) is 0.589. The van der Waals surface area contributed by atoms with Crippen LogP contribution in [0.15, 0.2) is 48.7 Å². The molecule has 0 radical (unpaired) electrons. The van der Waals surface area contributed by atoms with Crippen molar-refractivity contribution in [3.05, 3.63) is 48.7 Å². The highest BCUT2D eigenvalue weighted by Gasteiger charge is 1.87. The minimum Gasteiger partial charge on any atom is -0.405 e. The van der Waals surface area contributed by atoms with E-state index in [1.54, 1.807) is 12.2 Å². The normalized spacial score (nSPS) is 11.9. The Morgan fingerprint density at radius 3 is 2.40 bits per heavy atom. The highest BCUT2D eigenvalue weighted by molar-refractivity contribution is 5.38. The fraction of sp³-hybridized carbons (Fsp3) is 0.111. The fourth-order valence-electron chi connectivity index (χ4n) is 0.571. The predicted octanol–water partition coefficient (Wildman–Crippen LogP) is 2.15. The Morgan fingerprint density at radius 1 is 1.50 bits per heavy atom. The Hall–Kier alpha value is -1.24. The molecule has 54 valence electrons. The van der Waals surface area contributed by atoms with Crippen molar-refractivity contribution in [2.45, 2.75) is 6.92 Å². The Balaban J connectivity index is 4.41. The molecule has 0 aliphatic heterocycles. The molecule has 0 atom stereocenters. The second-order valence-electron chi connectivity index (χ2n) is 2.00. The van der Waals surface area contributed by atoms with Gasteiger partial charge in [0.25, 0.3) is 0 Å². The molecule has 10 heavy (non-hydrogen) atoms. The molecule has 0 heterocycles. The molecule has 0 aromatic carbocycles. The lowest BCUT2D eigenvalue weighted by Gasteiger charge is -1.96. The highest BCUT2D eigenvalue weighted by atomic mass is 14.5. The molecule has 0 aromatic heterocycles. The molecule has 0 aliphatic carbocycles. The maximum absolute atomic E-state index is 5.20. The maximum atomic E-state index is 5.20. The first-order valence-corrected chi connectivity index (χ1v) is 3.09. The van der Waals surface area contributed by atoms with Crippen molar-refractivity contribution in [2.24, 2.45) is 5.73 Å². The van der Waals surface area contributed by atoms with Gasteiger partial charge in [-0.05, 0) is 24.8 Å². The van der Waals surface area contributed by atoms with Gasteiger partial charge in [-0.15, -0.1) is 0 Å². The van der Waals surface area contributed by atoms with Crippen LogP contribution in [0.2, 0.25) is 0 Å². The zero-order valence-electron chi connectivity index (χ0n) is 6.30. The minimum atomic E-state index is 0.988. The van der Waals surface area contributed by atoms with Gasteiger partial charge in [-0.3, -0.25) is 0 Å². The molecule has 0 aliphatic rings. The number of hydrogen-bond donors (Lipinski definition) is 1. The molecule has 0 unspecified atom stereocenters. The van der Waals surface area contributed by atoms with Crippen LogP contribution in [-0.2, 0) is 0 Å². The first kappa shape index (κ1) is 8.76. The van der Waals surface area contributed by atoms with Gasteiger partial charge in [-0.1, -0.05) is 30.9 Å². The Morgan fingerprint density at radius 2 is 2.10 bits per heavy atom. The van der Waals surface area contributed by atoms with Gasteiger partial charge in [0.05, 0.1) is 0 Å². The average Bonchev–Trinajstić information content (AvgIpc) is 1.87. The Bertz CT molecular complexity index is 185. The molecular weight excluding hydrogens is 122 g/mol. The predicted molar refractivity (Wildman–Crippen MR) is 46.4 cm³/mol. The summed E-state index contributed by atoms with van der Waals surface area (Å²) in [5.74, 6) is 0. The lowest BCUT2D eigenvalue weighted by atomic mass is 10.1. The smallest absolute Gasteiger partial charge is 0.00563 e. The summed E-state index contributed by atoms with van der Waals surface area (Å²) in [7, 11) is 0. The van der Waals surface area contributed by atoms with E-state index in [1.165, 1.54) is 6.20 Å². The summed E-state index contributed by atoms with van der Waals surface area (Å²) < 4.78 is 0. The van der Waals surface area contributed by atoms with Gasteiger partial charge in [0, 0.05) is 0 Å². The van der Waals surface area contributed by atoms with Crippen LogP contribution in [0.25, 0.3) is 0 Å². The van der Waals surface area contributed by atoms with Crippen LogP contribution < -0.4 is 5.73 Å². The zero-order valence-corrected chi connectivity index (χ0v) is 6.30. The van der Waals surface area contributed by atoms with Crippen molar-refractivity contribution >= 4 is 0 Å². The zero-order chi connectivity index (χ0) is 7.98. The molecule has 0 spiro atoms. The summed E-state index contributed by atoms with van der Waals surface area (Å²) in [6.45, 7) is 9.27. The van der Waals surface area contributed by atoms with E-state index in [0.717, 1.165) is 11.1 Å². The van der Waals surface area contributed by atoms with Crippen LogP contribution in [0.3, 0.4) is 0 Å². The summed E-state index contributed by atoms with van der Waals surface area (Å²) in [6.07, 6.45) is 6.86. The second kappa shape index (κ2) is 4.62. The first-order valence-electron chi connectivity index (χ1n) is 3.09. The molecule has 0 aromatic rings. The molecule has 0 rings (SSSR count). The molecule has 1 nitrogen and oxygen atoms in total. The fourth-order valence-corrected chi connectivity index (χ4v) is 0.571. The van der Waals surface area contributed by atoms with E-state index >= 15 is 0 Å². The monoisotopic (exact) mass is 135 g/mol. The number of allylic oxidation sites excluding steroid dienone is 5. The third kappa shape index (κ3) is 2.92. The number of hydrogen-bond acceptors (Lipinski definition) is 1. The summed E-state index contributed by atoms with van der Waals surface area (Å²) in [5.41, 5.74) is 7.20. The van der Waals surface area contributed by atoms with Crippen LogP contribution in [0.5, 0.6) is 0 Å².